The lowest BCUT2D eigenvalue weighted by atomic mass is 10.1. The number of aromatic nitrogens is 2. The van der Waals surface area contributed by atoms with E-state index in [-0.39, 0.29) is 17.2 Å². The molecule has 3 aromatic rings. The molecule has 0 saturated heterocycles. The van der Waals surface area contributed by atoms with Crippen LogP contribution in [0.25, 0.3) is 10.9 Å². The molecule has 0 atom stereocenters. The van der Waals surface area contributed by atoms with Crippen molar-refractivity contribution in [2.24, 2.45) is 0 Å². The fourth-order valence-corrected chi connectivity index (χ4v) is 3.01. The van der Waals surface area contributed by atoms with Gasteiger partial charge in [0.05, 0.1) is 16.7 Å². The summed E-state index contributed by atoms with van der Waals surface area (Å²) in [5.74, 6) is 0.141. The number of amides is 1. The predicted molar refractivity (Wildman–Crippen MR) is 96.2 cm³/mol. The van der Waals surface area contributed by atoms with Crippen LogP contribution in [-0.4, -0.2) is 28.2 Å². The standard InChI is InChI=1S/C18H17N3O2S/c22-16(19-11-10-13-6-2-1-3-7-13)12-24-18-20-15-9-5-4-8-14(15)17(23)21-18/h1-9H,10-12H2,(H,19,22)(H,20,21,23). The second-order valence-corrected chi connectivity index (χ2v) is 6.23. The summed E-state index contributed by atoms with van der Waals surface area (Å²) in [5, 5.41) is 3.88. The summed E-state index contributed by atoms with van der Waals surface area (Å²) >= 11 is 1.23. The molecule has 0 unspecified atom stereocenters. The molecule has 0 spiro atoms. The number of para-hydroxylation sites is 1. The SMILES string of the molecule is O=C(CSc1nc2ccccc2c(=O)[nH]1)NCCc1ccccc1. The van der Waals surface area contributed by atoms with E-state index in [1.165, 1.54) is 17.3 Å². The predicted octanol–water partition coefficient (Wildman–Crippen LogP) is 2.37. The molecule has 0 bridgehead atoms. The Bertz CT molecular complexity index is 893. The highest BCUT2D eigenvalue weighted by molar-refractivity contribution is 7.99. The second kappa shape index (κ2) is 7.79. The average Bonchev–Trinajstić information content (AvgIpc) is 2.61. The Labute approximate surface area is 143 Å². The van der Waals surface area contributed by atoms with E-state index in [1.54, 1.807) is 18.2 Å². The van der Waals surface area contributed by atoms with Crippen LogP contribution in [-0.2, 0) is 11.2 Å². The van der Waals surface area contributed by atoms with Crippen molar-refractivity contribution in [2.45, 2.75) is 11.6 Å². The van der Waals surface area contributed by atoms with Crippen LogP contribution in [0.3, 0.4) is 0 Å². The van der Waals surface area contributed by atoms with Crippen LogP contribution in [0, 0.1) is 0 Å². The van der Waals surface area contributed by atoms with Gasteiger partial charge in [-0.05, 0) is 24.1 Å². The molecule has 1 aromatic heterocycles. The minimum absolute atomic E-state index is 0.0771. The highest BCUT2D eigenvalue weighted by Gasteiger charge is 2.07. The number of thioether (sulfide) groups is 1. The Hall–Kier alpha value is -2.60. The van der Waals surface area contributed by atoms with E-state index in [1.807, 2.05) is 36.4 Å². The van der Waals surface area contributed by atoms with Gasteiger partial charge in [-0.2, -0.15) is 0 Å². The normalized spacial score (nSPS) is 10.7. The Morgan fingerprint density at radius 3 is 2.67 bits per heavy atom. The molecule has 5 nitrogen and oxygen atoms in total. The minimum Gasteiger partial charge on any atom is -0.355 e. The first-order valence-electron chi connectivity index (χ1n) is 7.65. The van der Waals surface area contributed by atoms with Gasteiger partial charge in [-0.15, -0.1) is 0 Å². The zero-order valence-corrected chi connectivity index (χ0v) is 13.8. The molecule has 0 aliphatic rings. The highest BCUT2D eigenvalue weighted by atomic mass is 32.2. The number of fused-ring (bicyclic) bond motifs is 1. The minimum atomic E-state index is -0.187. The zero-order valence-electron chi connectivity index (χ0n) is 13.0. The van der Waals surface area contributed by atoms with Gasteiger partial charge in [-0.25, -0.2) is 4.98 Å². The first-order chi connectivity index (χ1) is 11.7. The number of hydrogen-bond acceptors (Lipinski definition) is 4. The van der Waals surface area contributed by atoms with Crippen LogP contribution >= 0.6 is 11.8 Å². The fraction of sp³-hybridized carbons (Fsp3) is 0.167. The zero-order chi connectivity index (χ0) is 16.8. The summed E-state index contributed by atoms with van der Waals surface area (Å²) in [6.45, 7) is 0.588. The monoisotopic (exact) mass is 339 g/mol. The van der Waals surface area contributed by atoms with Gasteiger partial charge in [0.15, 0.2) is 5.16 Å². The number of nitrogens with one attached hydrogen (secondary N) is 2. The van der Waals surface area contributed by atoms with Crippen molar-refractivity contribution < 1.29 is 4.79 Å². The van der Waals surface area contributed by atoms with Gasteiger partial charge in [0.25, 0.3) is 5.56 Å². The third-order valence-electron chi connectivity index (χ3n) is 3.51. The summed E-state index contributed by atoms with van der Waals surface area (Å²) in [6, 6.07) is 17.1. The van der Waals surface area contributed by atoms with Crippen molar-refractivity contribution in [2.75, 3.05) is 12.3 Å². The quantitative estimate of drug-likeness (QED) is 0.534. The molecule has 0 aliphatic carbocycles. The maximum atomic E-state index is 12.0. The first kappa shape index (κ1) is 16.3. The highest BCUT2D eigenvalue weighted by Crippen LogP contribution is 2.14. The lowest BCUT2D eigenvalue weighted by Crippen LogP contribution is -2.27. The van der Waals surface area contributed by atoms with Crippen LogP contribution in [0.4, 0.5) is 0 Å². The lowest BCUT2D eigenvalue weighted by Gasteiger charge is -2.05. The molecule has 3 rings (SSSR count). The van der Waals surface area contributed by atoms with Crippen molar-refractivity contribution >= 4 is 28.6 Å². The van der Waals surface area contributed by atoms with Crippen LogP contribution in [0.1, 0.15) is 5.56 Å². The topological polar surface area (TPSA) is 74.8 Å². The first-order valence-corrected chi connectivity index (χ1v) is 8.63. The largest absolute Gasteiger partial charge is 0.355 e. The van der Waals surface area contributed by atoms with E-state index < -0.39 is 0 Å². The van der Waals surface area contributed by atoms with Crippen LogP contribution in [0.2, 0.25) is 0 Å². The van der Waals surface area contributed by atoms with Gasteiger partial charge in [0, 0.05) is 6.54 Å². The van der Waals surface area contributed by atoms with Gasteiger partial charge in [0.1, 0.15) is 0 Å². The second-order valence-electron chi connectivity index (χ2n) is 5.26. The summed E-state index contributed by atoms with van der Waals surface area (Å²) < 4.78 is 0. The molecule has 122 valence electrons. The molecule has 0 aliphatic heterocycles. The van der Waals surface area contributed by atoms with E-state index in [0.29, 0.717) is 22.6 Å². The van der Waals surface area contributed by atoms with Crippen molar-refractivity contribution in [1.82, 2.24) is 15.3 Å². The van der Waals surface area contributed by atoms with Crippen molar-refractivity contribution in [3.63, 3.8) is 0 Å². The number of H-pyrrole nitrogens is 1. The maximum Gasteiger partial charge on any atom is 0.259 e. The molecular formula is C18H17N3O2S. The Kier molecular flexibility index (Phi) is 5.28. The van der Waals surface area contributed by atoms with Gasteiger partial charge >= 0.3 is 0 Å². The molecule has 24 heavy (non-hydrogen) atoms. The van der Waals surface area contributed by atoms with Gasteiger partial charge in [-0.1, -0.05) is 54.2 Å². The molecule has 0 saturated carbocycles. The van der Waals surface area contributed by atoms with Crippen LogP contribution < -0.4 is 10.9 Å². The number of aromatic amines is 1. The Balaban J connectivity index is 1.52. The smallest absolute Gasteiger partial charge is 0.259 e. The van der Waals surface area contributed by atoms with E-state index in [0.717, 1.165) is 6.42 Å². The molecule has 0 fully saturated rings. The van der Waals surface area contributed by atoms with Gasteiger partial charge in [-0.3, -0.25) is 9.59 Å². The van der Waals surface area contributed by atoms with Crippen molar-refractivity contribution in [3.05, 3.63) is 70.5 Å². The summed E-state index contributed by atoms with van der Waals surface area (Å²) in [6.07, 6.45) is 0.794. The molecule has 6 heteroatoms. The van der Waals surface area contributed by atoms with Crippen LogP contribution in [0.5, 0.6) is 0 Å². The molecule has 1 amide bonds. The van der Waals surface area contributed by atoms with E-state index >= 15 is 0 Å². The third kappa shape index (κ3) is 4.23. The van der Waals surface area contributed by atoms with E-state index in [9.17, 15) is 9.59 Å². The van der Waals surface area contributed by atoms with E-state index in [2.05, 4.69) is 15.3 Å². The molecule has 2 N–H and O–H groups in total. The lowest BCUT2D eigenvalue weighted by molar-refractivity contribution is -0.118. The maximum absolute atomic E-state index is 12.0. The molecule has 2 aromatic carbocycles. The number of carbonyl (C=O) groups is 1. The van der Waals surface area contributed by atoms with Crippen LogP contribution in [0.15, 0.2) is 64.5 Å². The van der Waals surface area contributed by atoms with Gasteiger partial charge < -0.3 is 10.3 Å². The summed E-state index contributed by atoms with van der Waals surface area (Å²) in [4.78, 5) is 30.9. The van der Waals surface area contributed by atoms with Crippen molar-refractivity contribution in [3.8, 4) is 0 Å². The van der Waals surface area contributed by atoms with Crippen molar-refractivity contribution in [1.29, 1.82) is 0 Å². The number of carbonyl (C=O) groups excluding carboxylic acids is 1. The summed E-state index contributed by atoms with van der Waals surface area (Å²) in [5.41, 5.74) is 1.63. The van der Waals surface area contributed by atoms with E-state index in [4.69, 9.17) is 0 Å². The molecule has 0 radical (unpaired) electrons. The Morgan fingerprint density at radius 1 is 1.08 bits per heavy atom. The number of hydrogen-bond donors (Lipinski definition) is 2. The fourth-order valence-electron chi connectivity index (χ4n) is 2.31. The molecular weight excluding hydrogens is 322 g/mol. The Morgan fingerprint density at radius 2 is 1.83 bits per heavy atom. The number of rotatable bonds is 6. The average molecular weight is 339 g/mol. The number of nitrogens with zero attached hydrogens (tertiary/aromatic N) is 1. The number of benzene rings is 2. The summed E-state index contributed by atoms with van der Waals surface area (Å²) in [7, 11) is 0. The van der Waals surface area contributed by atoms with Gasteiger partial charge in [0.2, 0.25) is 5.91 Å². The third-order valence-corrected chi connectivity index (χ3v) is 4.38. The molecule has 1 heterocycles.